The molecule has 2 unspecified atom stereocenters. The van der Waals surface area contributed by atoms with Crippen LogP contribution in [0.3, 0.4) is 0 Å². The molecule has 3 heterocycles. The highest BCUT2D eigenvalue weighted by Gasteiger charge is 2.47. The van der Waals surface area contributed by atoms with Gasteiger partial charge in [-0.05, 0) is 70.7 Å². The summed E-state index contributed by atoms with van der Waals surface area (Å²) in [6.45, 7) is 10.8. The van der Waals surface area contributed by atoms with Crippen molar-refractivity contribution in [1.82, 2.24) is 18.4 Å². The third-order valence-electron chi connectivity index (χ3n) is 7.93. The smallest absolute Gasteiger partial charge is 0.410 e. The predicted molar refractivity (Wildman–Crippen MR) is 149 cm³/mol. The van der Waals surface area contributed by atoms with Crippen molar-refractivity contribution in [2.45, 2.75) is 87.8 Å². The van der Waals surface area contributed by atoms with Gasteiger partial charge in [-0.1, -0.05) is 13.8 Å². The van der Waals surface area contributed by atoms with Gasteiger partial charge < -0.3 is 14.5 Å². The van der Waals surface area contributed by atoms with Crippen molar-refractivity contribution in [3.63, 3.8) is 0 Å². The van der Waals surface area contributed by atoms with Crippen molar-refractivity contribution in [3.05, 3.63) is 24.3 Å². The fourth-order valence-corrected chi connectivity index (χ4v) is 8.94. The van der Waals surface area contributed by atoms with Gasteiger partial charge in [0, 0.05) is 51.4 Å². The molecule has 3 saturated heterocycles. The Balaban J connectivity index is 1.44. The first kappa shape index (κ1) is 30.7. The monoisotopic (exact) mass is 598 g/mol. The van der Waals surface area contributed by atoms with Gasteiger partial charge in [0.2, 0.25) is 26.0 Å². The number of likely N-dealkylation sites (tertiary alicyclic amines) is 1. The highest BCUT2D eigenvalue weighted by atomic mass is 32.2. The lowest BCUT2D eigenvalue weighted by Crippen LogP contribution is -2.59. The van der Waals surface area contributed by atoms with E-state index in [-0.39, 0.29) is 40.4 Å². The summed E-state index contributed by atoms with van der Waals surface area (Å²) >= 11 is 0. The summed E-state index contributed by atoms with van der Waals surface area (Å²) in [6, 6.07) is 5.10. The Hall–Kier alpha value is -2.22. The van der Waals surface area contributed by atoms with Crippen LogP contribution in [-0.4, -0.2) is 104 Å². The molecule has 40 heavy (non-hydrogen) atoms. The van der Waals surface area contributed by atoms with Crippen LogP contribution in [0, 0.1) is 5.92 Å². The van der Waals surface area contributed by atoms with Gasteiger partial charge in [-0.3, -0.25) is 4.79 Å². The van der Waals surface area contributed by atoms with Gasteiger partial charge in [-0.2, -0.15) is 8.61 Å². The zero-order valence-electron chi connectivity index (χ0n) is 24.1. The number of nitrogens with zero attached hydrogens (tertiary/aromatic N) is 4. The lowest BCUT2D eigenvalue weighted by atomic mass is 9.96. The molecule has 3 fully saturated rings. The number of hydrogen-bond acceptors (Lipinski definition) is 7. The van der Waals surface area contributed by atoms with Crippen LogP contribution in [0.4, 0.5) is 4.79 Å². The number of ether oxygens (including phenoxy) is 1. The molecule has 0 aliphatic carbocycles. The average molecular weight is 599 g/mol. The number of benzene rings is 1. The van der Waals surface area contributed by atoms with Crippen molar-refractivity contribution in [2.24, 2.45) is 5.92 Å². The van der Waals surface area contributed by atoms with Crippen LogP contribution in [0.5, 0.6) is 0 Å². The number of hydrogen-bond donors (Lipinski definition) is 0. The summed E-state index contributed by atoms with van der Waals surface area (Å²) in [5.74, 6) is -0.529. The zero-order valence-corrected chi connectivity index (χ0v) is 25.7. The number of carbonyl (C=O) groups excluding carboxylic acids is 2. The summed E-state index contributed by atoms with van der Waals surface area (Å²) in [6.07, 6.45) is 2.37. The second kappa shape index (κ2) is 11.6. The summed E-state index contributed by atoms with van der Waals surface area (Å²) in [7, 11) is -7.62. The largest absolute Gasteiger partial charge is 0.444 e. The maximum Gasteiger partial charge on any atom is 0.410 e. The Morgan fingerprint density at radius 2 is 1.45 bits per heavy atom. The van der Waals surface area contributed by atoms with E-state index in [9.17, 15) is 26.4 Å². The van der Waals surface area contributed by atoms with Gasteiger partial charge in [0.05, 0.1) is 15.7 Å². The van der Waals surface area contributed by atoms with Crippen LogP contribution in [0.2, 0.25) is 0 Å². The highest BCUT2D eigenvalue weighted by molar-refractivity contribution is 7.89. The average Bonchev–Trinajstić information content (AvgIpc) is 3.16. The van der Waals surface area contributed by atoms with E-state index in [1.54, 1.807) is 18.7 Å². The Labute approximate surface area is 238 Å². The Morgan fingerprint density at radius 3 is 1.98 bits per heavy atom. The summed E-state index contributed by atoms with van der Waals surface area (Å²) in [5, 5.41) is 0. The topological polar surface area (TPSA) is 125 Å². The molecule has 0 saturated carbocycles. The molecule has 0 aromatic heterocycles. The first-order valence-corrected chi connectivity index (χ1v) is 17.0. The molecular weight excluding hydrogens is 556 g/mol. The van der Waals surface area contributed by atoms with Crippen LogP contribution >= 0.6 is 0 Å². The van der Waals surface area contributed by atoms with E-state index in [0.29, 0.717) is 45.6 Å². The van der Waals surface area contributed by atoms with Crippen LogP contribution in [-0.2, 0) is 29.6 Å². The first-order valence-electron chi connectivity index (χ1n) is 14.1. The van der Waals surface area contributed by atoms with Gasteiger partial charge >= 0.3 is 6.09 Å². The minimum Gasteiger partial charge on any atom is -0.444 e. The minimum atomic E-state index is -3.92. The lowest BCUT2D eigenvalue weighted by Gasteiger charge is -2.43. The van der Waals surface area contributed by atoms with Crippen molar-refractivity contribution in [1.29, 1.82) is 0 Å². The zero-order chi connectivity index (χ0) is 29.5. The van der Waals surface area contributed by atoms with Crippen LogP contribution in [0.25, 0.3) is 0 Å². The van der Waals surface area contributed by atoms with Crippen molar-refractivity contribution in [2.75, 3.05) is 39.3 Å². The van der Waals surface area contributed by atoms with E-state index in [2.05, 4.69) is 0 Å². The number of amides is 2. The fraction of sp³-hybridized carbons (Fsp3) is 0.704. The lowest BCUT2D eigenvalue weighted by molar-refractivity contribution is -0.142. The van der Waals surface area contributed by atoms with E-state index in [1.165, 1.54) is 32.9 Å². The van der Waals surface area contributed by atoms with E-state index in [1.807, 2.05) is 25.7 Å². The molecule has 224 valence electrons. The van der Waals surface area contributed by atoms with Gasteiger partial charge in [-0.15, -0.1) is 0 Å². The second-order valence-electron chi connectivity index (χ2n) is 11.8. The summed E-state index contributed by atoms with van der Waals surface area (Å²) in [5.41, 5.74) is -0.597. The normalized spacial score (nSPS) is 24.4. The van der Waals surface area contributed by atoms with Gasteiger partial charge in [-0.25, -0.2) is 21.6 Å². The molecule has 3 aliphatic rings. The van der Waals surface area contributed by atoms with Gasteiger partial charge in [0.25, 0.3) is 0 Å². The van der Waals surface area contributed by atoms with Crippen LogP contribution < -0.4 is 0 Å². The fourth-order valence-electron chi connectivity index (χ4n) is 5.96. The predicted octanol–water partition coefficient (Wildman–Crippen LogP) is 2.73. The SMILES string of the molecule is CCN(CC)S(=O)(=O)c1ccc(S(=O)(=O)N2CCC[C@@H](C(=O)N3C4CCC3CN(C(=O)OC(C)(C)C)C4)C2)cc1. The number of piperidine rings is 1. The summed E-state index contributed by atoms with van der Waals surface area (Å²) in [4.78, 5) is 29.9. The molecule has 4 rings (SSSR count). The molecule has 0 radical (unpaired) electrons. The van der Waals surface area contributed by atoms with Gasteiger partial charge in [0.1, 0.15) is 5.60 Å². The molecule has 1 aromatic rings. The molecule has 11 nitrogen and oxygen atoms in total. The number of rotatable bonds is 7. The van der Waals surface area contributed by atoms with E-state index in [4.69, 9.17) is 4.74 Å². The Bertz CT molecular complexity index is 1290. The van der Waals surface area contributed by atoms with Crippen LogP contribution in [0.15, 0.2) is 34.1 Å². The molecule has 0 spiro atoms. The van der Waals surface area contributed by atoms with E-state index in [0.717, 1.165) is 12.8 Å². The maximum absolute atomic E-state index is 13.7. The van der Waals surface area contributed by atoms with Crippen LogP contribution in [0.1, 0.15) is 60.3 Å². The maximum atomic E-state index is 13.7. The minimum absolute atomic E-state index is 0.00476. The first-order chi connectivity index (χ1) is 18.7. The molecule has 3 atom stereocenters. The third-order valence-corrected chi connectivity index (χ3v) is 11.9. The molecule has 13 heteroatoms. The standard InChI is InChI=1S/C27H42N4O7S2/c1-6-29(7-2)39(34,35)23-12-14-24(15-13-23)40(36,37)30-16-8-9-20(17-30)25(32)31-21-10-11-22(31)19-28(18-21)26(33)38-27(3,4)5/h12-15,20-22H,6-11,16-19H2,1-5H3/t20-,21?,22?/m1/s1. The highest BCUT2D eigenvalue weighted by Crippen LogP contribution is 2.34. The van der Waals surface area contributed by atoms with Crippen molar-refractivity contribution < 1.29 is 31.2 Å². The Morgan fingerprint density at radius 1 is 0.900 bits per heavy atom. The molecule has 3 aliphatic heterocycles. The molecule has 0 N–H and O–H groups in total. The quantitative estimate of drug-likeness (QED) is 0.473. The van der Waals surface area contributed by atoms with E-state index < -0.39 is 31.6 Å². The van der Waals surface area contributed by atoms with Crippen molar-refractivity contribution in [3.8, 4) is 0 Å². The molecule has 2 amide bonds. The summed E-state index contributed by atoms with van der Waals surface area (Å²) < 4.78 is 60.8. The molecule has 1 aromatic carbocycles. The number of carbonyl (C=O) groups is 2. The molecular formula is C27H42N4O7S2. The number of piperazine rings is 1. The van der Waals surface area contributed by atoms with Gasteiger partial charge in [0.15, 0.2) is 0 Å². The van der Waals surface area contributed by atoms with Crippen molar-refractivity contribution >= 4 is 32.0 Å². The second-order valence-corrected chi connectivity index (χ2v) is 15.7. The Kier molecular flexibility index (Phi) is 8.89. The van der Waals surface area contributed by atoms with E-state index >= 15 is 0 Å². The molecule has 2 bridgehead atoms. The number of fused-ring (bicyclic) bond motifs is 2. The number of sulfonamides is 2. The third kappa shape index (κ3) is 6.17.